The van der Waals surface area contributed by atoms with Crippen molar-refractivity contribution in [3.63, 3.8) is 0 Å². The molecule has 0 atom stereocenters. The fraction of sp³-hybridized carbons (Fsp3) is 0.160. The molecule has 5 aromatic rings. The van der Waals surface area contributed by atoms with Crippen molar-refractivity contribution in [3.05, 3.63) is 77.9 Å². The highest BCUT2D eigenvalue weighted by molar-refractivity contribution is 7.17. The Morgan fingerprint density at radius 2 is 1.84 bits per heavy atom. The SMILES string of the molecule is COc1ccccc1-c1csc2cnc(Nc3cc(C4CC4)nn3-c3ccccc3)nc12. The number of fused-ring (bicyclic) bond motifs is 1. The Bertz CT molecular complexity index is 1400. The first kappa shape index (κ1) is 19.0. The third kappa shape index (κ3) is 3.40. The van der Waals surface area contributed by atoms with Crippen molar-refractivity contribution in [1.82, 2.24) is 19.7 Å². The molecule has 158 valence electrons. The number of ether oxygens (including phenoxy) is 1. The van der Waals surface area contributed by atoms with Crippen LogP contribution < -0.4 is 10.1 Å². The molecule has 0 unspecified atom stereocenters. The molecule has 32 heavy (non-hydrogen) atoms. The first-order valence-corrected chi connectivity index (χ1v) is 11.5. The first-order valence-electron chi connectivity index (χ1n) is 10.6. The van der Waals surface area contributed by atoms with E-state index in [2.05, 4.69) is 39.9 Å². The number of thiophene rings is 1. The van der Waals surface area contributed by atoms with Gasteiger partial charge >= 0.3 is 0 Å². The number of benzene rings is 2. The van der Waals surface area contributed by atoms with Gasteiger partial charge in [-0.1, -0.05) is 36.4 Å². The molecule has 1 aliphatic carbocycles. The Morgan fingerprint density at radius 3 is 2.66 bits per heavy atom. The number of rotatable bonds is 6. The third-order valence-electron chi connectivity index (χ3n) is 5.68. The number of nitrogens with one attached hydrogen (secondary N) is 1. The van der Waals surface area contributed by atoms with Crippen LogP contribution in [0.15, 0.2) is 72.2 Å². The predicted octanol–water partition coefficient (Wildman–Crippen LogP) is 6.17. The molecule has 7 heteroatoms. The van der Waals surface area contributed by atoms with E-state index in [9.17, 15) is 0 Å². The van der Waals surface area contributed by atoms with Crippen LogP contribution in [0.1, 0.15) is 24.5 Å². The lowest BCUT2D eigenvalue weighted by Crippen LogP contribution is -2.04. The van der Waals surface area contributed by atoms with E-state index in [1.54, 1.807) is 18.4 Å². The molecule has 0 aliphatic heterocycles. The Balaban J connectivity index is 1.41. The van der Waals surface area contributed by atoms with Crippen LogP contribution in [0.2, 0.25) is 0 Å². The van der Waals surface area contributed by atoms with Crippen molar-refractivity contribution >= 4 is 33.3 Å². The van der Waals surface area contributed by atoms with Crippen LogP contribution in [0.5, 0.6) is 5.75 Å². The molecule has 6 nitrogen and oxygen atoms in total. The average molecular weight is 440 g/mol. The average Bonchev–Trinajstić information content (AvgIpc) is 3.48. The second-order valence-electron chi connectivity index (χ2n) is 7.86. The maximum absolute atomic E-state index is 5.57. The van der Waals surface area contributed by atoms with E-state index in [4.69, 9.17) is 14.8 Å². The lowest BCUT2D eigenvalue weighted by Gasteiger charge is -2.09. The van der Waals surface area contributed by atoms with Crippen LogP contribution >= 0.6 is 11.3 Å². The minimum atomic E-state index is 0.548. The molecule has 2 aromatic carbocycles. The van der Waals surface area contributed by atoms with E-state index < -0.39 is 0 Å². The summed E-state index contributed by atoms with van der Waals surface area (Å²) >= 11 is 1.63. The molecule has 0 saturated heterocycles. The fourth-order valence-electron chi connectivity index (χ4n) is 3.89. The molecule has 3 heterocycles. The van der Waals surface area contributed by atoms with Crippen LogP contribution in [0, 0.1) is 0 Å². The van der Waals surface area contributed by atoms with Crippen molar-refractivity contribution in [3.8, 4) is 22.6 Å². The first-order chi connectivity index (χ1) is 15.8. The zero-order valence-electron chi connectivity index (χ0n) is 17.5. The fourth-order valence-corrected chi connectivity index (χ4v) is 4.76. The second kappa shape index (κ2) is 7.76. The topological polar surface area (TPSA) is 64.9 Å². The summed E-state index contributed by atoms with van der Waals surface area (Å²) in [5.41, 5.74) is 5.10. The lowest BCUT2D eigenvalue weighted by molar-refractivity contribution is 0.416. The number of methoxy groups -OCH3 is 1. The van der Waals surface area contributed by atoms with Gasteiger partial charge in [0.2, 0.25) is 5.95 Å². The van der Waals surface area contributed by atoms with E-state index in [1.165, 1.54) is 12.8 Å². The number of nitrogens with zero attached hydrogens (tertiary/aromatic N) is 4. The van der Waals surface area contributed by atoms with Crippen molar-refractivity contribution in [2.75, 3.05) is 12.4 Å². The maximum Gasteiger partial charge on any atom is 0.228 e. The van der Waals surface area contributed by atoms with Crippen LogP contribution in [-0.2, 0) is 0 Å². The summed E-state index contributed by atoms with van der Waals surface area (Å²) < 4.78 is 8.55. The number of hydrogen-bond acceptors (Lipinski definition) is 6. The highest BCUT2D eigenvalue weighted by Gasteiger charge is 2.28. The van der Waals surface area contributed by atoms with Gasteiger partial charge in [-0.2, -0.15) is 5.10 Å². The van der Waals surface area contributed by atoms with Gasteiger partial charge in [0.05, 0.1) is 34.9 Å². The van der Waals surface area contributed by atoms with Gasteiger partial charge < -0.3 is 10.1 Å². The van der Waals surface area contributed by atoms with Crippen molar-refractivity contribution in [2.24, 2.45) is 0 Å². The Morgan fingerprint density at radius 1 is 1.03 bits per heavy atom. The standard InChI is InChI=1S/C25H21N5OS/c1-31-21-10-6-5-9-18(21)19-15-32-22-14-26-25(28-24(19)22)27-23-13-20(16-11-12-16)29-30(23)17-7-3-2-4-8-17/h2-10,13-16H,11-12H2,1H3,(H,26,27,28). The van der Waals surface area contributed by atoms with Crippen LogP contribution in [0.3, 0.4) is 0 Å². The van der Waals surface area contributed by atoms with Crippen LogP contribution in [0.4, 0.5) is 11.8 Å². The summed E-state index contributed by atoms with van der Waals surface area (Å²) in [7, 11) is 1.69. The summed E-state index contributed by atoms with van der Waals surface area (Å²) in [6, 6.07) is 20.3. The van der Waals surface area contributed by atoms with Gasteiger partial charge in [0, 0.05) is 28.5 Å². The van der Waals surface area contributed by atoms with Gasteiger partial charge in [0.25, 0.3) is 0 Å². The largest absolute Gasteiger partial charge is 0.496 e. The van der Waals surface area contributed by atoms with Gasteiger partial charge in [0.1, 0.15) is 11.6 Å². The van der Waals surface area contributed by atoms with Crippen molar-refractivity contribution in [1.29, 1.82) is 0 Å². The van der Waals surface area contributed by atoms with Crippen LogP contribution in [0.25, 0.3) is 27.0 Å². The molecule has 0 radical (unpaired) electrons. The van der Waals surface area contributed by atoms with E-state index >= 15 is 0 Å². The molecule has 1 aliphatic rings. The summed E-state index contributed by atoms with van der Waals surface area (Å²) in [5.74, 6) is 2.80. The summed E-state index contributed by atoms with van der Waals surface area (Å²) in [6.45, 7) is 0. The van der Waals surface area contributed by atoms with Crippen molar-refractivity contribution < 1.29 is 4.74 Å². The number of aromatic nitrogens is 4. The minimum absolute atomic E-state index is 0.548. The van der Waals surface area contributed by atoms with Gasteiger partial charge in [0.15, 0.2) is 0 Å². The third-order valence-corrected chi connectivity index (χ3v) is 6.58. The number of anilines is 2. The van der Waals surface area contributed by atoms with Crippen LogP contribution in [-0.4, -0.2) is 26.9 Å². The molecular formula is C25H21N5OS. The summed E-state index contributed by atoms with van der Waals surface area (Å²) in [4.78, 5) is 9.45. The molecular weight excluding hydrogens is 418 g/mol. The molecule has 3 aromatic heterocycles. The molecule has 1 saturated carbocycles. The molecule has 1 N–H and O–H groups in total. The van der Waals surface area contributed by atoms with Gasteiger partial charge in [-0.15, -0.1) is 11.3 Å². The highest BCUT2D eigenvalue weighted by atomic mass is 32.1. The second-order valence-corrected chi connectivity index (χ2v) is 8.77. The van der Waals surface area contributed by atoms with Gasteiger partial charge in [-0.3, -0.25) is 0 Å². The van der Waals surface area contributed by atoms with E-state index in [-0.39, 0.29) is 0 Å². The monoisotopic (exact) mass is 439 g/mol. The molecule has 0 spiro atoms. The quantitative estimate of drug-likeness (QED) is 0.343. The Hall–Kier alpha value is -3.71. The summed E-state index contributed by atoms with van der Waals surface area (Å²) in [5, 5.41) is 10.4. The Kier molecular flexibility index (Phi) is 4.61. The highest BCUT2D eigenvalue weighted by Crippen LogP contribution is 2.41. The summed E-state index contributed by atoms with van der Waals surface area (Å²) in [6.07, 6.45) is 4.27. The molecule has 6 rings (SSSR count). The van der Waals surface area contributed by atoms with E-state index in [0.717, 1.165) is 44.3 Å². The molecule has 0 amide bonds. The molecule has 1 fully saturated rings. The zero-order valence-corrected chi connectivity index (χ0v) is 18.3. The molecule has 0 bridgehead atoms. The van der Waals surface area contributed by atoms with E-state index in [1.807, 2.05) is 47.3 Å². The predicted molar refractivity (Wildman–Crippen MR) is 128 cm³/mol. The maximum atomic E-state index is 5.57. The Labute approximate surface area is 189 Å². The minimum Gasteiger partial charge on any atom is -0.496 e. The van der Waals surface area contributed by atoms with Gasteiger partial charge in [-0.25, -0.2) is 14.6 Å². The zero-order chi connectivity index (χ0) is 21.5. The van der Waals surface area contributed by atoms with Crippen molar-refractivity contribution in [2.45, 2.75) is 18.8 Å². The van der Waals surface area contributed by atoms with Gasteiger partial charge in [-0.05, 0) is 31.0 Å². The smallest absolute Gasteiger partial charge is 0.228 e. The number of hydrogen-bond donors (Lipinski definition) is 1. The normalized spacial score (nSPS) is 13.4. The number of para-hydroxylation sites is 2. The lowest BCUT2D eigenvalue weighted by atomic mass is 10.1. The van der Waals surface area contributed by atoms with E-state index in [0.29, 0.717) is 11.9 Å².